The molecule has 0 saturated carbocycles. The summed E-state index contributed by atoms with van der Waals surface area (Å²) in [6.07, 6.45) is 0. The first-order chi connectivity index (χ1) is 10.1. The molecule has 110 valence electrons. The van der Waals surface area contributed by atoms with Gasteiger partial charge >= 0.3 is 5.97 Å². The third kappa shape index (κ3) is 4.35. The summed E-state index contributed by atoms with van der Waals surface area (Å²) in [5.74, 6) is 0.436. The number of carbonyl (C=O) groups is 1. The van der Waals surface area contributed by atoms with Crippen molar-refractivity contribution in [2.24, 2.45) is 0 Å². The van der Waals surface area contributed by atoms with Crippen LogP contribution in [0.2, 0.25) is 0 Å². The number of carboxylic acid groups (broad SMARTS) is 1. The van der Waals surface area contributed by atoms with Crippen molar-refractivity contribution in [3.8, 4) is 11.5 Å². The van der Waals surface area contributed by atoms with E-state index in [-0.39, 0.29) is 5.56 Å². The van der Waals surface area contributed by atoms with Gasteiger partial charge in [-0.2, -0.15) is 0 Å². The highest BCUT2D eigenvalue weighted by Crippen LogP contribution is 2.24. The standard InChI is InChI=1S/C16H15IO4/c1-2-20-13-6-3-11(4-7-13)10-21-15-9-12(16(18)19)5-8-14(15)17/h3-9H,2,10H2,1H3,(H,18,19). The van der Waals surface area contributed by atoms with Crippen molar-refractivity contribution in [2.75, 3.05) is 6.61 Å². The molecule has 1 N–H and O–H groups in total. The van der Waals surface area contributed by atoms with Crippen molar-refractivity contribution in [3.63, 3.8) is 0 Å². The Bertz CT molecular complexity index is 623. The van der Waals surface area contributed by atoms with E-state index in [1.165, 1.54) is 0 Å². The smallest absolute Gasteiger partial charge is 0.335 e. The number of hydrogen-bond donors (Lipinski definition) is 1. The molecule has 0 aliphatic carbocycles. The third-order valence-electron chi connectivity index (χ3n) is 2.81. The normalized spacial score (nSPS) is 10.2. The molecule has 0 heterocycles. The van der Waals surface area contributed by atoms with E-state index in [2.05, 4.69) is 22.6 Å². The van der Waals surface area contributed by atoms with Crippen LogP contribution in [0.1, 0.15) is 22.8 Å². The van der Waals surface area contributed by atoms with Crippen LogP contribution < -0.4 is 9.47 Å². The Morgan fingerprint density at radius 1 is 1.14 bits per heavy atom. The molecule has 21 heavy (non-hydrogen) atoms. The first-order valence-electron chi connectivity index (χ1n) is 6.47. The van der Waals surface area contributed by atoms with Crippen molar-refractivity contribution in [3.05, 3.63) is 57.2 Å². The Kier molecular flexibility index (Phi) is 5.44. The van der Waals surface area contributed by atoms with Gasteiger partial charge in [-0.05, 0) is 65.4 Å². The molecule has 0 bridgehead atoms. The maximum Gasteiger partial charge on any atom is 0.335 e. The summed E-state index contributed by atoms with van der Waals surface area (Å²) in [6.45, 7) is 2.95. The van der Waals surface area contributed by atoms with Gasteiger partial charge in [-0.3, -0.25) is 0 Å². The Hall–Kier alpha value is -1.76. The Labute approximate surface area is 136 Å². The minimum Gasteiger partial charge on any atom is -0.494 e. The van der Waals surface area contributed by atoms with Crippen LogP contribution in [0.4, 0.5) is 0 Å². The highest BCUT2D eigenvalue weighted by atomic mass is 127. The van der Waals surface area contributed by atoms with Gasteiger partial charge < -0.3 is 14.6 Å². The second kappa shape index (κ2) is 7.31. The van der Waals surface area contributed by atoms with E-state index in [1.807, 2.05) is 31.2 Å². The summed E-state index contributed by atoms with van der Waals surface area (Å²) in [6, 6.07) is 12.5. The summed E-state index contributed by atoms with van der Waals surface area (Å²) < 4.78 is 12.0. The van der Waals surface area contributed by atoms with Crippen molar-refractivity contribution >= 4 is 28.6 Å². The number of carboxylic acids is 1. The third-order valence-corrected chi connectivity index (χ3v) is 3.70. The number of hydrogen-bond acceptors (Lipinski definition) is 3. The lowest BCUT2D eigenvalue weighted by Gasteiger charge is -2.10. The molecule has 0 atom stereocenters. The van der Waals surface area contributed by atoms with Crippen LogP contribution in [0.3, 0.4) is 0 Å². The molecule has 2 aromatic carbocycles. The van der Waals surface area contributed by atoms with Gasteiger partial charge in [0.05, 0.1) is 15.7 Å². The van der Waals surface area contributed by atoms with Crippen LogP contribution in [-0.4, -0.2) is 17.7 Å². The fourth-order valence-corrected chi connectivity index (χ4v) is 2.25. The Morgan fingerprint density at radius 3 is 2.48 bits per heavy atom. The molecule has 0 amide bonds. The van der Waals surface area contributed by atoms with E-state index in [1.54, 1.807) is 18.2 Å². The van der Waals surface area contributed by atoms with E-state index in [0.29, 0.717) is 19.0 Å². The Balaban J connectivity index is 2.05. The maximum atomic E-state index is 11.0. The lowest BCUT2D eigenvalue weighted by atomic mass is 10.2. The average Bonchev–Trinajstić information content (AvgIpc) is 2.48. The minimum atomic E-state index is -0.961. The van der Waals surface area contributed by atoms with Gasteiger partial charge in [0.1, 0.15) is 18.1 Å². The molecule has 0 aliphatic rings. The van der Waals surface area contributed by atoms with Crippen LogP contribution in [0.15, 0.2) is 42.5 Å². The zero-order chi connectivity index (χ0) is 15.2. The first-order valence-corrected chi connectivity index (χ1v) is 7.55. The molecule has 0 unspecified atom stereocenters. The number of rotatable bonds is 6. The SMILES string of the molecule is CCOc1ccc(COc2cc(C(=O)O)ccc2I)cc1. The average molecular weight is 398 g/mol. The minimum absolute atomic E-state index is 0.220. The largest absolute Gasteiger partial charge is 0.494 e. The van der Waals surface area contributed by atoms with Crippen molar-refractivity contribution in [1.29, 1.82) is 0 Å². The molecular formula is C16H15IO4. The lowest BCUT2D eigenvalue weighted by molar-refractivity contribution is 0.0696. The predicted octanol–water partition coefficient (Wildman–Crippen LogP) is 3.97. The number of aromatic carboxylic acids is 1. The van der Waals surface area contributed by atoms with E-state index >= 15 is 0 Å². The summed E-state index contributed by atoms with van der Waals surface area (Å²) >= 11 is 2.12. The quantitative estimate of drug-likeness (QED) is 0.749. The summed E-state index contributed by atoms with van der Waals surface area (Å²) in [4.78, 5) is 11.0. The summed E-state index contributed by atoms with van der Waals surface area (Å²) in [7, 11) is 0. The second-order valence-electron chi connectivity index (χ2n) is 4.32. The number of benzene rings is 2. The fraction of sp³-hybridized carbons (Fsp3) is 0.188. The number of halogens is 1. The van der Waals surface area contributed by atoms with Crippen molar-refractivity contribution in [1.82, 2.24) is 0 Å². The molecule has 0 fully saturated rings. The zero-order valence-electron chi connectivity index (χ0n) is 11.5. The van der Waals surface area contributed by atoms with E-state index in [4.69, 9.17) is 14.6 Å². The zero-order valence-corrected chi connectivity index (χ0v) is 13.7. The van der Waals surface area contributed by atoms with Gasteiger partial charge in [-0.1, -0.05) is 12.1 Å². The van der Waals surface area contributed by atoms with Gasteiger partial charge in [0, 0.05) is 0 Å². The molecule has 0 saturated heterocycles. The van der Waals surface area contributed by atoms with E-state index < -0.39 is 5.97 Å². The summed E-state index contributed by atoms with van der Waals surface area (Å²) in [5.41, 5.74) is 1.21. The predicted molar refractivity (Wildman–Crippen MR) is 88.1 cm³/mol. The van der Waals surface area contributed by atoms with Crippen LogP contribution in [-0.2, 0) is 6.61 Å². The topological polar surface area (TPSA) is 55.8 Å². The van der Waals surface area contributed by atoms with Gasteiger partial charge in [-0.15, -0.1) is 0 Å². The van der Waals surface area contributed by atoms with Gasteiger partial charge in [0.25, 0.3) is 0 Å². The molecular weight excluding hydrogens is 383 g/mol. The fourth-order valence-electron chi connectivity index (χ4n) is 1.76. The second-order valence-corrected chi connectivity index (χ2v) is 5.48. The highest BCUT2D eigenvalue weighted by molar-refractivity contribution is 14.1. The maximum absolute atomic E-state index is 11.0. The van der Waals surface area contributed by atoms with Gasteiger partial charge in [0.2, 0.25) is 0 Å². The van der Waals surface area contributed by atoms with Gasteiger partial charge in [-0.25, -0.2) is 4.79 Å². The highest BCUT2D eigenvalue weighted by Gasteiger charge is 2.08. The van der Waals surface area contributed by atoms with Crippen LogP contribution in [0.5, 0.6) is 11.5 Å². The summed E-state index contributed by atoms with van der Waals surface area (Å²) in [5, 5.41) is 8.99. The Morgan fingerprint density at radius 2 is 1.86 bits per heavy atom. The molecule has 0 aromatic heterocycles. The molecule has 5 heteroatoms. The van der Waals surface area contributed by atoms with Crippen LogP contribution in [0.25, 0.3) is 0 Å². The number of ether oxygens (including phenoxy) is 2. The van der Waals surface area contributed by atoms with Crippen LogP contribution in [0, 0.1) is 3.57 Å². The molecule has 0 radical (unpaired) electrons. The molecule has 0 aliphatic heterocycles. The molecule has 0 spiro atoms. The van der Waals surface area contributed by atoms with Crippen molar-refractivity contribution in [2.45, 2.75) is 13.5 Å². The monoisotopic (exact) mass is 398 g/mol. The van der Waals surface area contributed by atoms with Gasteiger partial charge in [0.15, 0.2) is 0 Å². The van der Waals surface area contributed by atoms with Crippen molar-refractivity contribution < 1.29 is 19.4 Å². The van der Waals surface area contributed by atoms with E-state index in [0.717, 1.165) is 14.9 Å². The van der Waals surface area contributed by atoms with E-state index in [9.17, 15) is 4.79 Å². The molecule has 2 rings (SSSR count). The lowest BCUT2D eigenvalue weighted by Crippen LogP contribution is -2.01. The van der Waals surface area contributed by atoms with Crippen LogP contribution >= 0.6 is 22.6 Å². The molecule has 4 nitrogen and oxygen atoms in total. The molecule has 2 aromatic rings. The first kappa shape index (κ1) is 15.6.